The first kappa shape index (κ1) is 24.2. The molecule has 0 bridgehead atoms. The van der Waals surface area contributed by atoms with Crippen molar-refractivity contribution in [3.05, 3.63) is 76.6 Å². The molecule has 2 N–H and O–H groups in total. The lowest BCUT2D eigenvalue weighted by atomic mass is 10.1. The smallest absolute Gasteiger partial charge is 0.191 e. The van der Waals surface area contributed by atoms with Gasteiger partial charge in [-0.05, 0) is 41.3 Å². The van der Waals surface area contributed by atoms with Gasteiger partial charge in [0.15, 0.2) is 17.5 Å². The highest BCUT2D eigenvalue weighted by molar-refractivity contribution is 14.0. The van der Waals surface area contributed by atoms with E-state index < -0.39 is 0 Å². The average molecular weight is 568 g/mol. The van der Waals surface area contributed by atoms with Crippen LogP contribution in [0.5, 0.6) is 11.5 Å². The lowest BCUT2D eigenvalue weighted by Crippen LogP contribution is -2.38. The number of rotatable bonds is 7. The van der Waals surface area contributed by atoms with Crippen LogP contribution in [0, 0.1) is 0 Å². The number of ether oxygens (including phenoxy) is 2. The molecule has 0 fully saturated rings. The fourth-order valence-electron chi connectivity index (χ4n) is 3.49. The number of aliphatic imine (C=N–C) groups is 1. The number of hydrogen-bond acceptors (Lipinski definition) is 4. The topological polar surface area (TPSA) is 72.7 Å². The number of fused-ring (bicyclic) bond motifs is 1. The summed E-state index contributed by atoms with van der Waals surface area (Å²) < 4.78 is 13.2. The minimum absolute atomic E-state index is 0. The molecule has 1 aliphatic heterocycles. The molecule has 4 rings (SSSR count). The predicted molar refractivity (Wildman–Crippen MR) is 138 cm³/mol. The molecule has 0 radical (unpaired) electrons. The van der Waals surface area contributed by atoms with Crippen LogP contribution in [0.4, 0.5) is 0 Å². The molecule has 0 saturated heterocycles. The van der Waals surface area contributed by atoms with E-state index in [1.165, 1.54) is 11.1 Å². The van der Waals surface area contributed by atoms with Crippen molar-refractivity contribution in [2.75, 3.05) is 26.8 Å². The maximum absolute atomic E-state index is 6.33. The van der Waals surface area contributed by atoms with E-state index in [1.807, 2.05) is 41.2 Å². The van der Waals surface area contributed by atoms with E-state index in [4.69, 9.17) is 21.1 Å². The number of guanidine groups is 1. The van der Waals surface area contributed by atoms with E-state index in [1.54, 1.807) is 13.2 Å². The Morgan fingerprint density at radius 2 is 1.94 bits per heavy atom. The Morgan fingerprint density at radius 3 is 2.72 bits per heavy atom. The van der Waals surface area contributed by atoms with Gasteiger partial charge in [-0.25, -0.2) is 0 Å². The van der Waals surface area contributed by atoms with Crippen LogP contribution in [-0.2, 0) is 19.5 Å². The number of aromatic nitrogens is 2. The summed E-state index contributed by atoms with van der Waals surface area (Å²) >= 11 is 6.33. The Hall–Kier alpha value is -2.46. The van der Waals surface area contributed by atoms with E-state index in [-0.39, 0.29) is 24.0 Å². The molecule has 0 atom stereocenters. The molecule has 0 saturated carbocycles. The molecule has 1 aliphatic rings. The van der Waals surface area contributed by atoms with Crippen LogP contribution in [0.3, 0.4) is 0 Å². The standard InChI is InChI=1S/C23H26ClN5O2.HI/c1-25-23(26-9-7-17-13-20(24)22-21(14-17)30-11-12-31-22)27-15-18-5-2-3-6-19(18)16-29-10-4-8-28-29;/h2-6,8,10,13-14H,7,9,11-12,15-16H2,1H3,(H2,25,26,27);1H. The Balaban J connectivity index is 0.00000289. The van der Waals surface area contributed by atoms with Crippen molar-refractivity contribution < 1.29 is 9.47 Å². The van der Waals surface area contributed by atoms with Gasteiger partial charge in [0.1, 0.15) is 13.2 Å². The number of halogens is 2. The SMILES string of the molecule is CN=C(NCCc1cc(Cl)c2c(c1)OCCO2)NCc1ccccc1Cn1cccn1.I. The van der Waals surface area contributed by atoms with E-state index in [0.29, 0.717) is 42.8 Å². The van der Waals surface area contributed by atoms with E-state index in [0.717, 1.165) is 24.5 Å². The number of benzene rings is 2. The largest absolute Gasteiger partial charge is 0.486 e. The highest BCUT2D eigenvalue weighted by Gasteiger charge is 2.16. The molecule has 0 spiro atoms. The van der Waals surface area contributed by atoms with Crippen molar-refractivity contribution in [1.29, 1.82) is 0 Å². The molecule has 1 aromatic heterocycles. The Morgan fingerprint density at radius 1 is 1.12 bits per heavy atom. The molecule has 170 valence electrons. The molecule has 7 nitrogen and oxygen atoms in total. The van der Waals surface area contributed by atoms with Crippen molar-refractivity contribution in [2.45, 2.75) is 19.5 Å². The fraction of sp³-hybridized carbons (Fsp3) is 0.304. The third-order valence-corrected chi connectivity index (χ3v) is 5.32. The normalized spacial score (nSPS) is 12.8. The van der Waals surface area contributed by atoms with Gasteiger partial charge in [-0.2, -0.15) is 5.10 Å². The van der Waals surface area contributed by atoms with Crippen LogP contribution < -0.4 is 20.1 Å². The maximum Gasteiger partial charge on any atom is 0.191 e. The molecule has 2 heterocycles. The molecule has 0 amide bonds. The van der Waals surface area contributed by atoms with Gasteiger partial charge < -0.3 is 20.1 Å². The van der Waals surface area contributed by atoms with Crippen molar-refractivity contribution in [2.24, 2.45) is 4.99 Å². The quantitative estimate of drug-likeness (QED) is 0.258. The van der Waals surface area contributed by atoms with Gasteiger partial charge in [0.2, 0.25) is 0 Å². The molecule has 2 aromatic carbocycles. The zero-order valence-corrected chi connectivity index (χ0v) is 21.0. The van der Waals surface area contributed by atoms with Gasteiger partial charge in [0.05, 0.1) is 11.6 Å². The highest BCUT2D eigenvalue weighted by atomic mass is 127. The van der Waals surface area contributed by atoms with Crippen LogP contribution in [0.2, 0.25) is 5.02 Å². The minimum Gasteiger partial charge on any atom is -0.486 e. The van der Waals surface area contributed by atoms with Gasteiger partial charge >= 0.3 is 0 Å². The van der Waals surface area contributed by atoms with Crippen LogP contribution in [0.1, 0.15) is 16.7 Å². The monoisotopic (exact) mass is 567 g/mol. The summed E-state index contributed by atoms with van der Waals surface area (Å²) in [5.74, 6) is 2.10. The van der Waals surface area contributed by atoms with E-state index >= 15 is 0 Å². The van der Waals surface area contributed by atoms with E-state index in [9.17, 15) is 0 Å². The number of nitrogens with zero attached hydrogens (tertiary/aromatic N) is 3. The highest BCUT2D eigenvalue weighted by Crippen LogP contribution is 2.38. The molecule has 32 heavy (non-hydrogen) atoms. The summed E-state index contributed by atoms with van der Waals surface area (Å²) in [6, 6.07) is 14.2. The second-order valence-electron chi connectivity index (χ2n) is 7.18. The van der Waals surface area contributed by atoms with Crippen molar-refractivity contribution >= 4 is 41.5 Å². The average Bonchev–Trinajstić information content (AvgIpc) is 3.30. The zero-order valence-electron chi connectivity index (χ0n) is 17.9. The van der Waals surface area contributed by atoms with Gasteiger partial charge in [-0.15, -0.1) is 24.0 Å². The summed E-state index contributed by atoms with van der Waals surface area (Å²) in [6.07, 6.45) is 4.54. The molecular weight excluding hydrogens is 541 g/mol. The third-order valence-electron chi connectivity index (χ3n) is 5.04. The first-order valence-electron chi connectivity index (χ1n) is 10.3. The zero-order chi connectivity index (χ0) is 21.5. The van der Waals surface area contributed by atoms with Crippen LogP contribution in [0.25, 0.3) is 0 Å². The lowest BCUT2D eigenvalue weighted by molar-refractivity contribution is 0.171. The summed E-state index contributed by atoms with van der Waals surface area (Å²) in [4.78, 5) is 4.33. The minimum atomic E-state index is 0. The van der Waals surface area contributed by atoms with Gasteiger partial charge in [-0.3, -0.25) is 9.67 Å². The maximum atomic E-state index is 6.33. The second kappa shape index (κ2) is 12.0. The summed E-state index contributed by atoms with van der Waals surface area (Å²) in [5, 5.41) is 11.6. The van der Waals surface area contributed by atoms with Crippen molar-refractivity contribution in [3.63, 3.8) is 0 Å². The summed E-state index contributed by atoms with van der Waals surface area (Å²) in [6.45, 7) is 3.20. The summed E-state index contributed by atoms with van der Waals surface area (Å²) in [5.41, 5.74) is 3.52. The Bertz CT molecular complexity index is 1040. The Labute approximate surface area is 210 Å². The van der Waals surface area contributed by atoms with Crippen molar-refractivity contribution in [1.82, 2.24) is 20.4 Å². The molecule has 0 aliphatic carbocycles. The lowest BCUT2D eigenvalue weighted by Gasteiger charge is -2.20. The third kappa shape index (κ3) is 6.29. The van der Waals surface area contributed by atoms with Crippen LogP contribution >= 0.6 is 35.6 Å². The van der Waals surface area contributed by atoms with Gasteiger partial charge in [0.25, 0.3) is 0 Å². The first-order chi connectivity index (χ1) is 15.2. The summed E-state index contributed by atoms with van der Waals surface area (Å²) in [7, 11) is 1.77. The number of nitrogens with one attached hydrogen (secondary N) is 2. The van der Waals surface area contributed by atoms with E-state index in [2.05, 4.69) is 32.9 Å². The second-order valence-corrected chi connectivity index (χ2v) is 7.58. The Kier molecular flexibility index (Phi) is 9.04. The number of hydrogen-bond donors (Lipinski definition) is 2. The fourth-order valence-corrected chi connectivity index (χ4v) is 3.77. The van der Waals surface area contributed by atoms with Crippen molar-refractivity contribution in [3.8, 4) is 11.5 Å². The molecule has 0 unspecified atom stereocenters. The molecule has 9 heteroatoms. The van der Waals surface area contributed by atoms with Gasteiger partial charge in [-0.1, -0.05) is 35.9 Å². The predicted octanol–water partition coefficient (Wildman–Crippen LogP) is 3.88. The molecule has 3 aromatic rings. The first-order valence-corrected chi connectivity index (χ1v) is 10.7. The molecular formula is C23H27ClIN5O2. The van der Waals surface area contributed by atoms with Crippen LogP contribution in [0.15, 0.2) is 59.9 Å². The van der Waals surface area contributed by atoms with Gasteiger partial charge in [0, 0.05) is 32.5 Å². The van der Waals surface area contributed by atoms with Crippen LogP contribution in [-0.4, -0.2) is 42.5 Å².